The Morgan fingerprint density at radius 1 is 1.50 bits per heavy atom. The van der Waals surface area contributed by atoms with Crippen molar-refractivity contribution in [3.63, 3.8) is 0 Å². The van der Waals surface area contributed by atoms with Crippen LogP contribution in [0.15, 0.2) is 3.92 Å². The van der Waals surface area contributed by atoms with Gasteiger partial charge in [0.05, 0.1) is 10.9 Å². The molecule has 0 N–H and O–H groups in total. The first-order chi connectivity index (χ1) is 6.75. The van der Waals surface area contributed by atoms with Crippen molar-refractivity contribution < 1.29 is 4.21 Å². The van der Waals surface area contributed by atoms with Gasteiger partial charge in [-0.25, -0.2) is 4.98 Å². The maximum atomic E-state index is 12.1. The molecule has 3 unspecified atom stereocenters. The van der Waals surface area contributed by atoms with Gasteiger partial charge >= 0.3 is 0 Å². The first kappa shape index (κ1) is 9.48. The van der Waals surface area contributed by atoms with E-state index < -0.39 is 10.8 Å². The minimum absolute atomic E-state index is 0.293. The lowest BCUT2D eigenvalue weighted by atomic mass is 10.0. The van der Waals surface area contributed by atoms with Crippen LogP contribution >= 0.6 is 27.3 Å². The third-order valence-electron chi connectivity index (χ3n) is 3.02. The Morgan fingerprint density at radius 2 is 2.36 bits per heavy atom. The van der Waals surface area contributed by atoms with Crippen molar-refractivity contribution in [2.75, 3.05) is 0 Å². The van der Waals surface area contributed by atoms with Gasteiger partial charge in [0.1, 0.15) is 0 Å². The molecule has 2 nitrogen and oxygen atoms in total. The van der Waals surface area contributed by atoms with E-state index in [1.807, 2.05) is 0 Å². The molecular formula is C9H10BrNOS2. The fourth-order valence-electron chi connectivity index (χ4n) is 2.36. The number of fused-ring (bicyclic) bond motifs is 4. The maximum absolute atomic E-state index is 12.1. The average Bonchev–Trinajstić information content (AvgIpc) is 2.47. The lowest BCUT2D eigenvalue weighted by molar-refractivity contribution is 0.546. The molecule has 0 amide bonds. The monoisotopic (exact) mass is 291 g/mol. The van der Waals surface area contributed by atoms with Crippen LogP contribution in [0.3, 0.4) is 0 Å². The summed E-state index contributed by atoms with van der Waals surface area (Å²) in [5.41, 5.74) is 1.20. The number of aromatic nitrogens is 1. The second-order valence-electron chi connectivity index (χ2n) is 3.85. The summed E-state index contributed by atoms with van der Waals surface area (Å²) in [5.74, 6) is 0. The van der Waals surface area contributed by atoms with Crippen LogP contribution in [0.1, 0.15) is 35.1 Å². The van der Waals surface area contributed by atoms with E-state index in [1.165, 1.54) is 17.0 Å². The Labute approximate surface area is 97.7 Å². The second kappa shape index (κ2) is 3.39. The van der Waals surface area contributed by atoms with Crippen LogP contribution in [0.5, 0.6) is 0 Å². The smallest absolute Gasteiger partial charge is 0.159 e. The minimum Gasteiger partial charge on any atom is -0.259 e. The molecule has 5 heteroatoms. The number of hydrogen-bond acceptors (Lipinski definition) is 3. The van der Waals surface area contributed by atoms with E-state index in [-0.39, 0.29) is 0 Å². The Morgan fingerprint density at radius 3 is 3.21 bits per heavy atom. The molecule has 1 fully saturated rings. The second-order valence-corrected chi connectivity index (χ2v) is 8.05. The summed E-state index contributed by atoms with van der Waals surface area (Å²) >= 11 is 5.09. The van der Waals surface area contributed by atoms with E-state index >= 15 is 0 Å². The van der Waals surface area contributed by atoms with Gasteiger partial charge in [-0.05, 0) is 28.8 Å². The highest BCUT2D eigenvalue weighted by Gasteiger charge is 2.39. The third kappa shape index (κ3) is 1.32. The molecule has 1 aromatic rings. The fourth-order valence-corrected chi connectivity index (χ4v) is 6.29. The normalized spacial score (nSPS) is 35.4. The molecule has 0 spiro atoms. The zero-order valence-electron chi connectivity index (χ0n) is 7.53. The van der Waals surface area contributed by atoms with E-state index in [1.54, 1.807) is 11.3 Å². The molecular weight excluding hydrogens is 282 g/mol. The Kier molecular flexibility index (Phi) is 2.29. The molecule has 0 aliphatic carbocycles. The number of rotatable bonds is 0. The van der Waals surface area contributed by atoms with Crippen LogP contribution in [-0.2, 0) is 17.2 Å². The highest BCUT2D eigenvalue weighted by Crippen LogP contribution is 2.45. The van der Waals surface area contributed by atoms with Gasteiger partial charge in [-0.1, -0.05) is 6.42 Å². The average molecular weight is 292 g/mol. The van der Waals surface area contributed by atoms with Gasteiger partial charge in [-0.3, -0.25) is 4.21 Å². The highest BCUT2D eigenvalue weighted by atomic mass is 79.9. The van der Waals surface area contributed by atoms with Crippen LogP contribution < -0.4 is 0 Å². The van der Waals surface area contributed by atoms with Crippen molar-refractivity contribution in [2.24, 2.45) is 0 Å². The third-order valence-corrected chi connectivity index (χ3v) is 6.92. The number of hydrogen-bond donors (Lipinski definition) is 0. The molecule has 3 rings (SSSR count). The molecule has 76 valence electrons. The zero-order chi connectivity index (χ0) is 9.71. The number of nitrogens with zero attached hydrogens (tertiary/aromatic N) is 1. The lowest BCUT2D eigenvalue weighted by Gasteiger charge is -2.32. The van der Waals surface area contributed by atoms with Crippen molar-refractivity contribution in [3.05, 3.63) is 14.5 Å². The number of thiazole rings is 1. The van der Waals surface area contributed by atoms with Gasteiger partial charge < -0.3 is 0 Å². The molecule has 14 heavy (non-hydrogen) atoms. The first-order valence-corrected chi connectivity index (χ1v) is 7.69. The van der Waals surface area contributed by atoms with E-state index in [4.69, 9.17) is 0 Å². The molecule has 0 radical (unpaired) electrons. The van der Waals surface area contributed by atoms with Crippen LogP contribution in [0.4, 0.5) is 0 Å². The summed E-state index contributed by atoms with van der Waals surface area (Å²) in [7, 11) is -0.634. The summed E-state index contributed by atoms with van der Waals surface area (Å²) in [4.78, 5) is 5.75. The zero-order valence-corrected chi connectivity index (χ0v) is 10.8. The Balaban J connectivity index is 2.12. The first-order valence-electron chi connectivity index (χ1n) is 4.80. The van der Waals surface area contributed by atoms with E-state index in [2.05, 4.69) is 20.9 Å². The van der Waals surface area contributed by atoms with Gasteiger partial charge in [0.25, 0.3) is 0 Å². The van der Waals surface area contributed by atoms with Crippen LogP contribution in [0, 0.1) is 0 Å². The van der Waals surface area contributed by atoms with Crippen molar-refractivity contribution in [3.8, 4) is 0 Å². The molecule has 2 aliphatic heterocycles. The van der Waals surface area contributed by atoms with Gasteiger partial charge in [-0.2, -0.15) is 0 Å². The largest absolute Gasteiger partial charge is 0.259 e. The van der Waals surface area contributed by atoms with E-state index in [0.29, 0.717) is 10.5 Å². The number of halogens is 1. The molecule has 2 bridgehead atoms. The van der Waals surface area contributed by atoms with Crippen molar-refractivity contribution in [2.45, 2.75) is 36.2 Å². The predicted octanol–water partition coefficient (Wildman–Crippen LogP) is 2.80. The molecule has 3 atom stereocenters. The summed E-state index contributed by atoms with van der Waals surface area (Å²) in [5, 5.41) is 0.677. The highest BCUT2D eigenvalue weighted by molar-refractivity contribution is 9.11. The predicted molar refractivity (Wildman–Crippen MR) is 62.0 cm³/mol. The summed E-state index contributed by atoms with van der Waals surface area (Å²) in [6, 6.07) is 0. The molecule has 2 aliphatic rings. The molecule has 3 heterocycles. The quantitative estimate of drug-likeness (QED) is 0.736. The maximum Gasteiger partial charge on any atom is 0.159 e. The Bertz CT molecular complexity index is 404. The van der Waals surface area contributed by atoms with Crippen LogP contribution in [-0.4, -0.2) is 14.4 Å². The molecule has 0 saturated carbocycles. The lowest BCUT2D eigenvalue weighted by Crippen LogP contribution is -2.32. The standard InChI is InChI=1S/C9H10BrNOS2/c10-9-11-6-4-5-2-1-3-7(14(5)12)8(6)13-9/h5,7H,1-4H2. The molecule has 1 aromatic heterocycles. The summed E-state index contributed by atoms with van der Waals surface area (Å²) < 4.78 is 13.0. The fraction of sp³-hybridized carbons (Fsp3) is 0.667. The van der Waals surface area contributed by atoms with Crippen molar-refractivity contribution >= 4 is 38.1 Å². The SMILES string of the molecule is O=S1C2CCCC1c1sc(Br)nc1C2. The summed E-state index contributed by atoms with van der Waals surface area (Å²) in [6.45, 7) is 0. The van der Waals surface area contributed by atoms with E-state index in [0.717, 1.165) is 23.2 Å². The molecule has 1 saturated heterocycles. The Hall–Kier alpha value is 0.260. The summed E-state index contributed by atoms with van der Waals surface area (Å²) in [6.07, 6.45) is 4.37. The minimum atomic E-state index is -0.634. The molecule has 0 aromatic carbocycles. The van der Waals surface area contributed by atoms with Crippen LogP contribution in [0.25, 0.3) is 0 Å². The van der Waals surface area contributed by atoms with Gasteiger partial charge in [-0.15, -0.1) is 11.3 Å². The van der Waals surface area contributed by atoms with Crippen molar-refractivity contribution in [1.29, 1.82) is 0 Å². The topological polar surface area (TPSA) is 30.0 Å². The van der Waals surface area contributed by atoms with Crippen molar-refractivity contribution in [1.82, 2.24) is 4.98 Å². The van der Waals surface area contributed by atoms with Crippen LogP contribution in [0.2, 0.25) is 0 Å². The van der Waals surface area contributed by atoms with Gasteiger partial charge in [0, 0.05) is 27.3 Å². The van der Waals surface area contributed by atoms with Gasteiger partial charge in [0.15, 0.2) is 3.92 Å². The van der Waals surface area contributed by atoms with E-state index in [9.17, 15) is 4.21 Å². The van der Waals surface area contributed by atoms with Gasteiger partial charge in [0.2, 0.25) is 0 Å².